The van der Waals surface area contributed by atoms with Crippen molar-refractivity contribution < 1.29 is 9.90 Å². The molecule has 4 heteroatoms. The van der Waals surface area contributed by atoms with Gasteiger partial charge < -0.3 is 5.11 Å². The van der Waals surface area contributed by atoms with Crippen LogP contribution in [0.3, 0.4) is 0 Å². The van der Waals surface area contributed by atoms with E-state index in [1.165, 1.54) is 0 Å². The number of carboxylic acid groups (broad SMARTS) is 1. The van der Waals surface area contributed by atoms with E-state index in [-0.39, 0.29) is 6.42 Å². The van der Waals surface area contributed by atoms with Gasteiger partial charge in [0.05, 0.1) is 12.5 Å². The molecule has 1 atom stereocenters. The molecule has 0 saturated heterocycles. The summed E-state index contributed by atoms with van der Waals surface area (Å²) in [7, 11) is 0. The lowest BCUT2D eigenvalue weighted by Crippen LogP contribution is -2.32. The van der Waals surface area contributed by atoms with Crippen LogP contribution >= 0.6 is 15.9 Å². The van der Waals surface area contributed by atoms with Crippen molar-refractivity contribution in [2.24, 2.45) is 0 Å². The molecule has 0 bridgehead atoms. The van der Waals surface area contributed by atoms with E-state index >= 15 is 0 Å². The first-order valence-corrected chi connectivity index (χ1v) is 5.17. The Morgan fingerprint density at radius 2 is 2.20 bits per heavy atom. The summed E-state index contributed by atoms with van der Waals surface area (Å²) in [4.78, 5) is 11.2. The van der Waals surface area contributed by atoms with E-state index in [2.05, 4.69) is 15.9 Å². The number of hydrogen-bond donors (Lipinski definition) is 1. The standard InChI is InChI=1S/C11H10BrNO2/c1-11(6-7-13,10(14)15)8-4-2-3-5-9(8)12/h2-5H,6H2,1H3,(H,14,15). The number of rotatable bonds is 3. The second-order valence-corrected chi connectivity index (χ2v) is 4.31. The van der Waals surface area contributed by atoms with Gasteiger partial charge in [-0.25, -0.2) is 0 Å². The monoisotopic (exact) mass is 267 g/mol. The molecule has 1 unspecified atom stereocenters. The van der Waals surface area contributed by atoms with Gasteiger partial charge in [0.25, 0.3) is 0 Å². The van der Waals surface area contributed by atoms with Crippen molar-refractivity contribution in [3.05, 3.63) is 34.3 Å². The molecule has 0 amide bonds. The van der Waals surface area contributed by atoms with Crippen LogP contribution < -0.4 is 0 Å². The van der Waals surface area contributed by atoms with E-state index in [1.54, 1.807) is 25.1 Å². The van der Waals surface area contributed by atoms with Gasteiger partial charge in [0, 0.05) is 4.47 Å². The Morgan fingerprint density at radius 3 is 2.67 bits per heavy atom. The predicted molar refractivity (Wildman–Crippen MR) is 59.4 cm³/mol. The zero-order chi connectivity index (χ0) is 11.5. The topological polar surface area (TPSA) is 61.1 Å². The van der Waals surface area contributed by atoms with Gasteiger partial charge in [-0.05, 0) is 18.6 Å². The van der Waals surface area contributed by atoms with Gasteiger partial charge in [0.1, 0.15) is 5.41 Å². The fourth-order valence-electron chi connectivity index (χ4n) is 1.35. The van der Waals surface area contributed by atoms with Gasteiger partial charge in [-0.1, -0.05) is 34.1 Å². The van der Waals surface area contributed by atoms with E-state index in [0.717, 1.165) is 0 Å². The van der Waals surface area contributed by atoms with E-state index in [0.29, 0.717) is 10.0 Å². The molecule has 1 aromatic rings. The normalized spacial score (nSPS) is 13.9. The minimum atomic E-state index is -1.16. The average molecular weight is 268 g/mol. The summed E-state index contributed by atoms with van der Waals surface area (Å²) < 4.78 is 0.713. The third-order valence-corrected chi connectivity index (χ3v) is 3.06. The minimum absolute atomic E-state index is 0.0506. The zero-order valence-electron chi connectivity index (χ0n) is 8.20. The van der Waals surface area contributed by atoms with Crippen LogP contribution in [0.4, 0.5) is 0 Å². The summed E-state index contributed by atoms with van der Waals surface area (Å²) in [6, 6.07) is 8.97. The first kappa shape index (κ1) is 11.7. The molecule has 1 N–H and O–H groups in total. The molecule has 3 nitrogen and oxygen atoms in total. The first-order chi connectivity index (χ1) is 7.02. The lowest BCUT2D eigenvalue weighted by molar-refractivity contribution is -0.143. The van der Waals surface area contributed by atoms with Crippen LogP contribution in [0.5, 0.6) is 0 Å². The molecule has 15 heavy (non-hydrogen) atoms. The molecule has 0 saturated carbocycles. The number of nitriles is 1. The molecule has 0 fully saturated rings. The smallest absolute Gasteiger partial charge is 0.314 e. The number of carboxylic acids is 1. The van der Waals surface area contributed by atoms with Gasteiger partial charge in [-0.15, -0.1) is 0 Å². The van der Waals surface area contributed by atoms with Gasteiger partial charge in [-0.3, -0.25) is 4.79 Å². The van der Waals surface area contributed by atoms with E-state index < -0.39 is 11.4 Å². The van der Waals surface area contributed by atoms with Crippen LogP contribution in [0.25, 0.3) is 0 Å². The predicted octanol–water partition coefficient (Wildman–Crippen LogP) is 2.71. The molecule has 0 spiro atoms. The van der Waals surface area contributed by atoms with E-state index in [1.807, 2.05) is 12.1 Å². The number of halogens is 1. The van der Waals surface area contributed by atoms with Crippen LogP contribution in [0.1, 0.15) is 18.9 Å². The molecule has 78 valence electrons. The lowest BCUT2D eigenvalue weighted by Gasteiger charge is -2.23. The molecule has 1 aromatic carbocycles. The Kier molecular flexibility index (Phi) is 3.48. The van der Waals surface area contributed by atoms with Crippen LogP contribution in [0.2, 0.25) is 0 Å². The highest BCUT2D eigenvalue weighted by atomic mass is 79.9. The Morgan fingerprint density at radius 1 is 1.60 bits per heavy atom. The lowest BCUT2D eigenvalue weighted by atomic mass is 9.80. The van der Waals surface area contributed by atoms with Gasteiger partial charge in [0.15, 0.2) is 0 Å². The highest BCUT2D eigenvalue weighted by Gasteiger charge is 2.36. The number of benzene rings is 1. The Bertz CT molecular complexity index is 425. The third kappa shape index (κ3) is 2.18. The van der Waals surface area contributed by atoms with E-state index in [9.17, 15) is 4.79 Å². The fourth-order valence-corrected chi connectivity index (χ4v) is 2.08. The van der Waals surface area contributed by atoms with Crippen molar-refractivity contribution in [3.63, 3.8) is 0 Å². The largest absolute Gasteiger partial charge is 0.481 e. The number of carbonyl (C=O) groups is 1. The highest BCUT2D eigenvalue weighted by Crippen LogP contribution is 2.33. The van der Waals surface area contributed by atoms with Gasteiger partial charge in [-0.2, -0.15) is 5.26 Å². The Hall–Kier alpha value is -1.34. The molecule has 0 aliphatic heterocycles. The van der Waals surface area contributed by atoms with E-state index in [4.69, 9.17) is 10.4 Å². The molecule has 1 rings (SSSR count). The summed E-state index contributed by atoms with van der Waals surface area (Å²) in [5, 5.41) is 17.8. The zero-order valence-corrected chi connectivity index (χ0v) is 9.78. The number of hydrogen-bond acceptors (Lipinski definition) is 2. The molecule has 0 aromatic heterocycles. The maximum Gasteiger partial charge on any atom is 0.314 e. The number of aliphatic carboxylic acids is 1. The van der Waals surface area contributed by atoms with Crippen molar-refractivity contribution in [1.82, 2.24) is 0 Å². The first-order valence-electron chi connectivity index (χ1n) is 4.37. The quantitative estimate of drug-likeness (QED) is 0.916. The molecular formula is C11H10BrNO2. The van der Waals surface area contributed by atoms with Crippen LogP contribution in [-0.4, -0.2) is 11.1 Å². The summed E-state index contributed by atoms with van der Waals surface area (Å²) in [5.41, 5.74) is -0.534. The van der Waals surface area contributed by atoms with Crippen molar-refractivity contribution in [3.8, 4) is 6.07 Å². The van der Waals surface area contributed by atoms with Crippen molar-refractivity contribution >= 4 is 21.9 Å². The number of nitrogens with zero attached hydrogens (tertiary/aromatic N) is 1. The van der Waals surface area contributed by atoms with Crippen molar-refractivity contribution in [2.45, 2.75) is 18.8 Å². The average Bonchev–Trinajstić information content (AvgIpc) is 2.18. The summed E-state index contributed by atoms with van der Waals surface area (Å²) in [5.74, 6) is -0.990. The Balaban J connectivity index is 3.29. The van der Waals surface area contributed by atoms with Crippen molar-refractivity contribution in [1.29, 1.82) is 5.26 Å². The maximum atomic E-state index is 11.2. The minimum Gasteiger partial charge on any atom is -0.481 e. The molecule has 0 heterocycles. The molecule has 0 radical (unpaired) electrons. The maximum absolute atomic E-state index is 11.2. The van der Waals surface area contributed by atoms with Crippen LogP contribution in [0.15, 0.2) is 28.7 Å². The second-order valence-electron chi connectivity index (χ2n) is 3.45. The fraction of sp³-hybridized carbons (Fsp3) is 0.273. The summed E-state index contributed by atoms with van der Waals surface area (Å²) in [6.07, 6.45) is -0.0506. The second kappa shape index (κ2) is 4.45. The molecular weight excluding hydrogens is 258 g/mol. The highest BCUT2D eigenvalue weighted by molar-refractivity contribution is 9.10. The summed E-state index contributed by atoms with van der Waals surface area (Å²) in [6.45, 7) is 1.55. The molecule has 0 aliphatic rings. The van der Waals surface area contributed by atoms with Gasteiger partial charge in [0.2, 0.25) is 0 Å². The summed E-state index contributed by atoms with van der Waals surface area (Å²) >= 11 is 3.30. The van der Waals surface area contributed by atoms with Crippen LogP contribution in [0, 0.1) is 11.3 Å². The molecule has 0 aliphatic carbocycles. The third-order valence-electron chi connectivity index (χ3n) is 2.37. The SMILES string of the molecule is CC(CC#N)(C(=O)O)c1ccccc1Br. The van der Waals surface area contributed by atoms with Gasteiger partial charge >= 0.3 is 5.97 Å². The van der Waals surface area contributed by atoms with Crippen molar-refractivity contribution in [2.75, 3.05) is 0 Å². The van der Waals surface area contributed by atoms with Crippen LogP contribution in [-0.2, 0) is 10.2 Å². The Labute approximate surface area is 96.5 Å².